The first-order valence-corrected chi connectivity index (χ1v) is 8.11. The van der Waals surface area contributed by atoms with Crippen molar-refractivity contribution in [3.05, 3.63) is 29.3 Å². The second-order valence-corrected chi connectivity index (χ2v) is 6.20. The number of hydrogen-bond donors (Lipinski definition) is 1. The first kappa shape index (κ1) is 14.4. The summed E-state index contributed by atoms with van der Waals surface area (Å²) in [5.41, 5.74) is 4.43. The minimum atomic E-state index is 0.631. The Balaban J connectivity index is 2.01. The molecule has 0 aromatic heterocycles. The van der Waals surface area contributed by atoms with Crippen LogP contribution in [0.4, 0.5) is 5.69 Å². The Morgan fingerprint density at radius 1 is 1.32 bits per heavy atom. The molecule has 0 radical (unpaired) electrons. The molecule has 1 aliphatic heterocycles. The zero-order chi connectivity index (χ0) is 13.7. The monoisotopic (exact) mass is 259 g/mol. The van der Waals surface area contributed by atoms with Gasteiger partial charge in [0.1, 0.15) is 0 Å². The normalized spacial score (nSPS) is 19.6. The van der Waals surface area contributed by atoms with Crippen molar-refractivity contribution in [3.63, 3.8) is 0 Å². The van der Waals surface area contributed by atoms with E-state index in [1.54, 1.807) is 0 Å². The molecular formula is C18H29N. The molecule has 2 unspecified atom stereocenters. The van der Waals surface area contributed by atoms with Gasteiger partial charge < -0.3 is 5.32 Å². The quantitative estimate of drug-likeness (QED) is 0.741. The summed E-state index contributed by atoms with van der Waals surface area (Å²) < 4.78 is 0. The Kier molecular flexibility index (Phi) is 5.30. The van der Waals surface area contributed by atoms with Crippen molar-refractivity contribution in [3.8, 4) is 0 Å². The van der Waals surface area contributed by atoms with Crippen LogP contribution in [-0.4, -0.2) is 6.04 Å². The van der Waals surface area contributed by atoms with Crippen LogP contribution in [0.25, 0.3) is 0 Å². The molecule has 1 aromatic carbocycles. The molecule has 0 amide bonds. The van der Waals surface area contributed by atoms with Gasteiger partial charge in [0, 0.05) is 11.7 Å². The molecule has 0 saturated carbocycles. The standard InChI is InChI=1S/C18H29N/c1-4-6-7-15(5-2)12-16-9-11-18-17(13-16)10-8-14(3)19-18/h9,11,13-15,19H,4-8,10,12H2,1-3H3. The molecule has 1 aliphatic rings. The largest absolute Gasteiger partial charge is 0.382 e. The topological polar surface area (TPSA) is 12.0 Å². The lowest BCUT2D eigenvalue weighted by Crippen LogP contribution is -2.22. The number of anilines is 1. The highest BCUT2D eigenvalue weighted by Crippen LogP contribution is 2.27. The molecule has 0 saturated heterocycles. The lowest BCUT2D eigenvalue weighted by molar-refractivity contribution is 0.449. The van der Waals surface area contributed by atoms with E-state index in [4.69, 9.17) is 0 Å². The van der Waals surface area contributed by atoms with Gasteiger partial charge in [0.2, 0.25) is 0 Å². The average molecular weight is 259 g/mol. The SMILES string of the molecule is CCCCC(CC)Cc1ccc2c(c1)CCC(C)N2. The lowest BCUT2D eigenvalue weighted by atomic mass is 9.89. The molecule has 2 rings (SSSR count). The van der Waals surface area contributed by atoms with Gasteiger partial charge in [0.15, 0.2) is 0 Å². The predicted molar refractivity (Wildman–Crippen MR) is 84.9 cm³/mol. The van der Waals surface area contributed by atoms with Gasteiger partial charge in [-0.15, -0.1) is 0 Å². The Bertz CT molecular complexity index is 397. The number of unbranched alkanes of at least 4 members (excludes halogenated alkanes) is 1. The number of fused-ring (bicyclic) bond motifs is 1. The summed E-state index contributed by atoms with van der Waals surface area (Å²) in [5.74, 6) is 0.869. The summed E-state index contributed by atoms with van der Waals surface area (Å²) in [5, 5.41) is 3.59. The van der Waals surface area contributed by atoms with Crippen molar-refractivity contribution < 1.29 is 0 Å². The van der Waals surface area contributed by atoms with E-state index in [-0.39, 0.29) is 0 Å². The van der Waals surface area contributed by atoms with Crippen LogP contribution in [0, 0.1) is 5.92 Å². The molecule has 0 spiro atoms. The second-order valence-electron chi connectivity index (χ2n) is 6.20. The molecule has 1 heteroatoms. The van der Waals surface area contributed by atoms with Gasteiger partial charge in [-0.3, -0.25) is 0 Å². The third-order valence-corrected chi connectivity index (χ3v) is 4.49. The first-order chi connectivity index (χ1) is 9.22. The van der Waals surface area contributed by atoms with E-state index >= 15 is 0 Å². The van der Waals surface area contributed by atoms with Crippen LogP contribution in [0.3, 0.4) is 0 Å². The van der Waals surface area contributed by atoms with E-state index in [2.05, 4.69) is 44.3 Å². The van der Waals surface area contributed by atoms with Crippen molar-refractivity contribution >= 4 is 5.69 Å². The van der Waals surface area contributed by atoms with Crippen molar-refractivity contribution in [2.45, 2.75) is 71.8 Å². The van der Waals surface area contributed by atoms with Crippen LogP contribution in [0.1, 0.15) is 64.0 Å². The molecule has 1 aromatic rings. The van der Waals surface area contributed by atoms with Crippen LogP contribution >= 0.6 is 0 Å². The molecule has 0 aliphatic carbocycles. The fourth-order valence-corrected chi connectivity index (χ4v) is 3.11. The van der Waals surface area contributed by atoms with Crippen LogP contribution in [0.5, 0.6) is 0 Å². The number of rotatable bonds is 6. The smallest absolute Gasteiger partial charge is 0.0374 e. The van der Waals surface area contributed by atoms with Crippen molar-refractivity contribution in [2.75, 3.05) is 5.32 Å². The summed E-state index contributed by atoms with van der Waals surface area (Å²) in [7, 11) is 0. The van der Waals surface area contributed by atoms with Crippen LogP contribution < -0.4 is 5.32 Å². The zero-order valence-corrected chi connectivity index (χ0v) is 12.8. The average Bonchev–Trinajstić information content (AvgIpc) is 2.43. The molecule has 0 fully saturated rings. The highest BCUT2D eigenvalue weighted by molar-refractivity contribution is 5.55. The van der Waals surface area contributed by atoms with Gasteiger partial charge in [0.25, 0.3) is 0 Å². The summed E-state index contributed by atoms with van der Waals surface area (Å²) in [6.07, 6.45) is 9.17. The third-order valence-electron chi connectivity index (χ3n) is 4.49. The van der Waals surface area contributed by atoms with Crippen LogP contribution in [0.2, 0.25) is 0 Å². The summed E-state index contributed by atoms with van der Waals surface area (Å²) in [4.78, 5) is 0. The molecule has 1 heterocycles. The molecule has 1 nitrogen and oxygen atoms in total. The summed E-state index contributed by atoms with van der Waals surface area (Å²) >= 11 is 0. The summed E-state index contributed by atoms with van der Waals surface area (Å²) in [6, 6.07) is 7.71. The third kappa shape index (κ3) is 3.99. The minimum absolute atomic E-state index is 0.631. The molecule has 2 atom stereocenters. The first-order valence-electron chi connectivity index (χ1n) is 8.11. The maximum Gasteiger partial charge on any atom is 0.0374 e. The van der Waals surface area contributed by atoms with Crippen LogP contribution in [-0.2, 0) is 12.8 Å². The number of aryl methyl sites for hydroxylation is 1. The van der Waals surface area contributed by atoms with Crippen molar-refractivity contribution in [1.82, 2.24) is 0 Å². The Hall–Kier alpha value is -0.980. The van der Waals surface area contributed by atoms with E-state index in [1.165, 1.54) is 61.8 Å². The maximum absolute atomic E-state index is 3.59. The van der Waals surface area contributed by atoms with Gasteiger partial charge in [-0.1, -0.05) is 51.7 Å². The Labute approximate surface area is 118 Å². The molecule has 0 bridgehead atoms. The van der Waals surface area contributed by atoms with E-state index in [0.717, 1.165) is 5.92 Å². The van der Waals surface area contributed by atoms with Gasteiger partial charge >= 0.3 is 0 Å². The van der Waals surface area contributed by atoms with Gasteiger partial charge in [-0.25, -0.2) is 0 Å². The van der Waals surface area contributed by atoms with E-state index < -0.39 is 0 Å². The van der Waals surface area contributed by atoms with Gasteiger partial charge in [0.05, 0.1) is 0 Å². The Morgan fingerprint density at radius 2 is 2.16 bits per heavy atom. The predicted octanol–water partition coefficient (Wildman–Crippen LogP) is 5.19. The van der Waals surface area contributed by atoms with E-state index in [1.807, 2.05) is 0 Å². The van der Waals surface area contributed by atoms with Crippen LogP contribution in [0.15, 0.2) is 18.2 Å². The van der Waals surface area contributed by atoms with E-state index in [9.17, 15) is 0 Å². The molecule has 106 valence electrons. The fourth-order valence-electron chi connectivity index (χ4n) is 3.11. The maximum atomic E-state index is 3.59. The van der Waals surface area contributed by atoms with Crippen molar-refractivity contribution in [1.29, 1.82) is 0 Å². The molecule has 19 heavy (non-hydrogen) atoms. The second kappa shape index (κ2) is 6.98. The summed E-state index contributed by atoms with van der Waals surface area (Å²) in [6.45, 7) is 6.90. The highest BCUT2D eigenvalue weighted by Gasteiger charge is 2.15. The lowest BCUT2D eigenvalue weighted by Gasteiger charge is -2.25. The highest BCUT2D eigenvalue weighted by atomic mass is 14.9. The van der Waals surface area contributed by atoms with E-state index in [0.29, 0.717) is 6.04 Å². The Morgan fingerprint density at radius 3 is 2.89 bits per heavy atom. The number of hydrogen-bond acceptors (Lipinski definition) is 1. The molecule has 1 N–H and O–H groups in total. The fraction of sp³-hybridized carbons (Fsp3) is 0.667. The van der Waals surface area contributed by atoms with Crippen molar-refractivity contribution in [2.24, 2.45) is 5.92 Å². The minimum Gasteiger partial charge on any atom is -0.382 e. The van der Waals surface area contributed by atoms with Gasteiger partial charge in [-0.05, 0) is 49.3 Å². The molecular weight excluding hydrogens is 230 g/mol. The number of benzene rings is 1. The zero-order valence-electron chi connectivity index (χ0n) is 12.8. The number of nitrogens with one attached hydrogen (secondary N) is 1. The van der Waals surface area contributed by atoms with Gasteiger partial charge in [-0.2, -0.15) is 0 Å².